The van der Waals surface area contributed by atoms with Crippen LogP contribution in [0.2, 0.25) is 0 Å². The predicted octanol–water partition coefficient (Wildman–Crippen LogP) is 3.27. The van der Waals surface area contributed by atoms with Crippen molar-refractivity contribution in [2.24, 2.45) is 11.8 Å². The second kappa shape index (κ2) is 8.33. The maximum absolute atomic E-state index is 13.2. The summed E-state index contributed by atoms with van der Waals surface area (Å²) in [6.45, 7) is 7.19. The topological polar surface area (TPSA) is 32.3 Å². The van der Waals surface area contributed by atoms with E-state index in [1.807, 2.05) is 25.2 Å². The van der Waals surface area contributed by atoms with Crippen molar-refractivity contribution in [3.63, 3.8) is 0 Å². The van der Waals surface area contributed by atoms with Crippen LogP contribution in [-0.2, 0) is 4.79 Å². The van der Waals surface area contributed by atoms with Gasteiger partial charge in [0.25, 0.3) is 0 Å². The Morgan fingerprint density at radius 2 is 2.09 bits per heavy atom. The van der Waals surface area contributed by atoms with Gasteiger partial charge in [0.05, 0.1) is 5.92 Å². The maximum atomic E-state index is 13.2. The van der Waals surface area contributed by atoms with Crippen molar-refractivity contribution in [1.82, 2.24) is 10.2 Å². The lowest BCUT2D eigenvalue weighted by atomic mass is 9.83. The standard InChI is InChI=1S/C19H30N2O/c1-4-15(2)18(17-10-6-5-7-11-17)19(22)21-12-8-9-16(14-21)13-20-3/h5-7,10-11,15-16,18,20H,4,8-9,12-14H2,1-3H3. The van der Waals surface area contributed by atoms with Gasteiger partial charge in [0.15, 0.2) is 0 Å². The number of carbonyl (C=O) groups excluding carboxylic acids is 1. The van der Waals surface area contributed by atoms with Crippen LogP contribution in [0.1, 0.15) is 44.6 Å². The fourth-order valence-corrected chi connectivity index (χ4v) is 3.53. The van der Waals surface area contributed by atoms with E-state index in [1.165, 1.54) is 6.42 Å². The third-order valence-corrected chi connectivity index (χ3v) is 4.96. The molecule has 1 aromatic rings. The summed E-state index contributed by atoms with van der Waals surface area (Å²) in [4.78, 5) is 15.3. The van der Waals surface area contributed by atoms with E-state index in [4.69, 9.17) is 0 Å². The van der Waals surface area contributed by atoms with Crippen LogP contribution in [0.5, 0.6) is 0 Å². The van der Waals surface area contributed by atoms with E-state index < -0.39 is 0 Å². The fraction of sp³-hybridized carbons (Fsp3) is 0.632. The summed E-state index contributed by atoms with van der Waals surface area (Å²) in [7, 11) is 1.99. The van der Waals surface area contributed by atoms with Gasteiger partial charge in [-0.15, -0.1) is 0 Å². The summed E-state index contributed by atoms with van der Waals surface area (Å²) in [5, 5.41) is 3.25. The van der Waals surface area contributed by atoms with Crippen LogP contribution in [-0.4, -0.2) is 37.5 Å². The number of hydrogen-bond acceptors (Lipinski definition) is 2. The average Bonchev–Trinajstić information content (AvgIpc) is 2.56. The predicted molar refractivity (Wildman–Crippen MR) is 91.9 cm³/mol. The van der Waals surface area contributed by atoms with E-state index in [-0.39, 0.29) is 5.92 Å². The van der Waals surface area contributed by atoms with Crippen molar-refractivity contribution in [3.8, 4) is 0 Å². The Morgan fingerprint density at radius 1 is 1.36 bits per heavy atom. The first-order valence-electron chi connectivity index (χ1n) is 8.65. The number of amides is 1. The molecule has 0 spiro atoms. The van der Waals surface area contributed by atoms with Gasteiger partial charge < -0.3 is 10.2 Å². The highest BCUT2D eigenvalue weighted by Gasteiger charge is 2.32. The lowest BCUT2D eigenvalue weighted by molar-refractivity contribution is -0.135. The Morgan fingerprint density at radius 3 is 2.73 bits per heavy atom. The molecular formula is C19H30N2O. The molecule has 1 amide bonds. The lowest BCUT2D eigenvalue weighted by Crippen LogP contribution is -2.45. The Kier molecular flexibility index (Phi) is 6.44. The van der Waals surface area contributed by atoms with Gasteiger partial charge in [-0.2, -0.15) is 0 Å². The molecule has 0 saturated carbocycles. The maximum Gasteiger partial charge on any atom is 0.230 e. The minimum atomic E-state index is -0.000430. The minimum absolute atomic E-state index is 0.000430. The highest BCUT2D eigenvalue weighted by Crippen LogP contribution is 2.30. The number of nitrogens with one attached hydrogen (secondary N) is 1. The number of piperidine rings is 1. The fourth-order valence-electron chi connectivity index (χ4n) is 3.53. The summed E-state index contributed by atoms with van der Waals surface area (Å²) in [5.41, 5.74) is 1.16. The second-order valence-electron chi connectivity index (χ2n) is 6.62. The highest BCUT2D eigenvalue weighted by atomic mass is 16.2. The van der Waals surface area contributed by atoms with E-state index in [2.05, 4.69) is 36.2 Å². The van der Waals surface area contributed by atoms with Gasteiger partial charge in [-0.25, -0.2) is 0 Å². The van der Waals surface area contributed by atoms with Crippen LogP contribution >= 0.6 is 0 Å². The highest BCUT2D eigenvalue weighted by molar-refractivity contribution is 5.84. The average molecular weight is 302 g/mol. The second-order valence-corrected chi connectivity index (χ2v) is 6.62. The number of likely N-dealkylation sites (tertiary alicyclic amines) is 1. The molecule has 3 nitrogen and oxygen atoms in total. The molecule has 1 fully saturated rings. The summed E-state index contributed by atoms with van der Waals surface area (Å²) in [5.74, 6) is 1.29. The zero-order chi connectivity index (χ0) is 15.9. The molecule has 1 saturated heterocycles. The Bertz CT molecular complexity index is 458. The van der Waals surface area contributed by atoms with Gasteiger partial charge in [-0.1, -0.05) is 50.6 Å². The van der Waals surface area contributed by atoms with Gasteiger partial charge in [-0.3, -0.25) is 4.79 Å². The van der Waals surface area contributed by atoms with Crippen LogP contribution in [0.4, 0.5) is 0 Å². The molecule has 1 heterocycles. The molecule has 1 aromatic carbocycles. The van der Waals surface area contributed by atoms with E-state index in [0.29, 0.717) is 17.7 Å². The van der Waals surface area contributed by atoms with Crippen LogP contribution in [0, 0.1) is 11.8 Å². The van der Waals surface area contributed by atoms with Crippen molar-refractivity contribution < 1.29 is 4.79 Å². The van der Waals surface area contributed by atoms with E-state index >= 15 is 0 Å². The summed E-state index contributed by atoms with van der Waals surface area (Å²) >= 11 is 0. The number of nitrogens with zero attached hydrogens (tertiary/aromatic N) is 1. The van der Waals surface area contributed by atoms with Crippen LogP contribution in [0.15, 0.2) is 30.3 Å². The SMILES string of the molecule is CCC(C)C(C(=O)N1CCCC(CNC)C1)c1ccccc1. The lowest BCUT2D eigenvalue weighted by Gasteiger charge is -2.36. The quantitative estimate of drug-likeness (QED) is 0.874. The molecule has 3 unspecified atom stereocenters. The molecule has 0 radical (unpaired) electrons. The van der Waals surface area contributed by atoms with E-state index in [1.54, 1.807) is 0 Å². The zero-order valence-electron chi connectivity index (χ0n) is 14.2. The van der Waals surface area contributed by atoms with E-state index in [9.17, 15) is 4.79 Å². The third-order valence-electron chi connectivity index (χ3n) is 4.96. The molecular weight excluding hydrogens is 272 g/mol. The molecule has 22 heavy (non-hydrogen) atoms. The first-order valence-corrected chi connectivity index (χ1v) is 8.65. The Balaban J connectivity index is 2.15. The van der Waals surface area contributed by atoms with Gasteiger partial charge in [0.2, 0.25) is 5.91 Å². The Hall–Kier alpha value is -1.35. The molecule has 0 aliphatic carbocycles. The molecule has 3 heteroatoms. The first-order chi connectivity index (χ1) is 10.7. The number of hydrogen-bond donors (Lipinski definition) is 1. The molecule has 3 atom stereocenters. The smallest absolute Gasteiger partial charge is 0.230 e. The monoisotopic (exact) mass is 302 g/mol. The largest absolute Gasteiger partial charge is 0.342 e. The number of rotatable bonds is 6. The molecule has 0 aromatic heterocycles. The van der Waals surface area contributed by atoms with Crippen molar-refractivity contribution in [1.29, 1.82) is 0 Å². The van der Waals surface area contributed by atoms with Crippen LogP contribution in [0.3, 0.4) is 0 Å². The van der Waals surface area contributed by atoms with E-state index in [0.717, 1.165) is 38.0 Å². The minimum Gasteiger partial charge on any atom is -0.342 e. The van der Waals surface area contributed by atoms with Gasteiger partial charge >= 0.3 is 0 Å². The zero-order valence-corrected chi connectivity index (χ0v) is 14.2. The van der Waals surface area contributed by atoms with Crippen molar-refractivity contribution in [3.05, 3.63) is 35.9 Å². The van der Waals surface area contributed by atoms with Crippen molar-refractivity contribution in [2.75, 3.05) is 26.7 Å². The number of benzene rings is 1. The number of carbonyl (C=O) groups is 1. The van der Waals surface area contributed by atoms with Gasteiger partial charge in [-0.05, 0) is 43.8 Å². The Labute approximate surface area is 135 Å². The molecule has 2 rings (SSSR count). The summed E-state index contributed by atoms with van der Waals surface area (Å²) in [6, 6.07) is 10.3. The van der Waals surface area contributed by atoms with Crippen molar-refractivity contribution in [2.45, 2.75) is 39.0 Å². The molecule has 1 aliphatic heterocycles. The molecule has 1 N–H and O–H groups in total. The third kappa shape index (κ3) is 4.10. The van der Waals surface area contributed by atoms with Crippen LogP contribution < -0.4 is 5.32 Å². The first kappa shape index (κ1) is 17.0. The van der Waals surface area contributed by atoms with Crippen molar-refractivity contribution >= 4 is 5.91 Å². The molecule has 122 valence electrons. The van der Waals surface area contributed by atoms with Gasteiger partial charge in [0, 0.05) is 13.1 Å². The van der Waals surface area contributed by atoms with Crippen LogP contribution in [0.25, 0.3) is 0 Å². The molecule has 0 bridgehead atoms. The van der Waals surface area contributed by atoms with Gasteiger partial charge in [0.1, 0.15) is 0 Å². The summed E-state index contributed by atoms with van der Waals surface area (Å²) < 4.78 is 0. The molecule has 1 aliphatic rings. The normalized spacial score (nSPS) is 21.4. The summed E-state index contributed by atoms with van der Waals surface area (Å²) in [6.07, 6.45) is 3.38.